The molecular formula is C16H22N2O2S. The number of thiocarbonyl (C=S) groups is 1. The Morgan fingerprint density at radius 2 is 2.00 bits per heavy atom. The molecule has 1 aromatic rings. The van der Waals surface area contributed by atoms with E-state index in [2.05, 4.69) is 6.92 Å². The highest BCUT2D eigenvalue weighted by atomic mass is 32.1. The van der Waals surface area contributed by atoms with Crippen LogP contribution in [0, 0.1) is 5.41 Å². The molecule has 1 fully saturated rings. The highest BCUT2D eigenvalue weighted by Gasteiger charge is 2.34. The molecule has 1 aliphatic rings. The number of carbonyl (C=O) groups excluding carboxylic acids is 1. The van der Waals surface area contributed by atoms with Gasteiger partial charge in [0.05, 0.1) is 18.5 Å². The Hall–Kier alpha value is -1.62. The van der Waals surface area contributed by atoms with Crippen molar-refractivity contribution < 1.29 is 9.53 Å². The molecule has 1 heterocycles. The number of hydrogen-bond donors (Lipinski definition) is 1. The molecule has 0 bridgehead atoms. The number of nitrogens with zero attached hydrogens (tertiary/aromatic N) is 1. The zero-order valence-electron chi connectivity index (χ0n) is 12.6. The van der Waals surface area contributed by atoms with E-state index in [-0.39, 0.29) is 11.3 Å². The lowest BCUT2D eigenvalue weighted by Crippen LogP contribution is -2.47. The third-order valence-corrected chi connectivity index (χ3v) is 4.84. The predicted molar refractivity (Wildman–Crippen MR) is 87.4 cm³/mol. The summed E-state index contributed by atoms with van der Waals surface area (Å²) in [6, 6.07) is 7.63. The minimum absolute atomic E-state index is 0.115. The molecule has 21 heavy (non-hydrogen) atoms. The molecule has 0 aliphatic carbocycles. The van der Waals surface area contributed by atoms with Crippen LogP contribution < -0.4 is 10.5 Å². The normalized spacial score (nSPS) is 17.3. The molecule has 0 saturated carbocycles. The molecule has 0 spiro atoms. The quantitative estimate of drug-likeness (QED) is 0.866. The molecule has 0 aromatic heterocycles. The molecular weight excluding hydrogens is 284 g/mol. The van der Waals surface area contributed by atoms with Crippen molar-refractivity contribution in [3.8, 4) is 5.75 Å². The highest BCUT2D eigenvalue weighted by molar-refractivity contribution is 7.80. The molecule has 1 aromatic carbocycles. The Kier molecular flexibility index (Phi) is 4.83. The van der Waals surface area contributed by atoms with Crippen molar-refractivity contribution in [2.75, 3.05) is 20.2 Å². The fourth-order valence-electron chi connectivity index (χ4n) is 2.62. The predicted octanol–water partition coefficient (Wildman–Crippen LogP) is 2.15. The Morgan fingerprint density at radius 1 is 1.38 bits per heavy atom. The second-order valence-corrected chi connectivity index (χ2v) is 6.23. The Morgan fingerprint density at radius 3 is 2.57 bits per heavy atom. The number of hydrogen-bond acceptors (Lipinski definition) is 3. The van der Waals surface area contributed by atoms with E-state index in [0.717, 1.165) is 24.2 Å². The van der Waals surface area contributed by atoms with Gasteiger partial charge in [-0.05, 0) is 18.9 Å². The van der Waals surface area contributed by atoms with Gasteiger partial charge in [0.1, 0.15) is 5.75 Å². The van der Waals surface area contributed by atoms with E-state index >= 15 is 0 Å². The number of nitrogens with two attached hydrogens (primary N) is 1. The molecule has 1 amide bonds. The summed E-state index contributed by atoms with van der Waals surface area (Å²) in [5.41, 5.74) is 6.61. The largest absolute Gasteiger partial charge is 0.496 e. The highest BCUT2D eigenvalue weighted by Crippen LogP contribution is 2.31. The fourth-order valence-corrected chi connectivity index (χ4v) is 2.82. The maximum atomic E-state index is 12.4. The molecule has 1 saturated heterocycles. The number of likely N-dealkylation sites (tertiary alicyclic amines) is 1. The summed E-state index contributed by atoms with van der Waals surface area (Å²) >= 11 is 5.13. The lowest BCUT2D eigenvalue weighted by atomic mass is 9.80. The fraction of sp³-hybridized carbons (Fsp3) is 0.500. The second-order valence-electron chi connectivity index (χ2n) is 5.79. The van der Waals surface area contributed by atoms with Crippen molar-refractivity contribution in [3.05, 3.63) is 29.8 Å². The second kappa shape index (κ2) is 6.43. The van der Waals surface area contributed by atoms with Crippen molar-refractivity contribution >= 4 is 23.1 Å². The molecule has 4 nitrogen and oxygen atoms in total. The SMILES string of the molecule is COc1ccccc1CC(=O)N1CCC(C)(C(N)=S)CC1. The third-order valence-electron chi connectivity index (χ3n) is 4.35. The van der Waals surface area contributed by atoms with E-state index < -0.39 is 0 Å². The summed E-state index contributed by atoms with van der Waals surface area (Å²) in [6.45, 7) is 3.50. The van der Waals surface area contributed by atoms with Gasteiger partial charge in [-0.3, -0.25) is 4.79 Å². The van der Waals surface area contributed by atoms with E-state index in [9.17, 15) is 4.79 Å². The van der Waals surface area contributed by atoms with E-state index in [4.69, 9.17) is 22.7 Å². The van der Waals surface area contributed by atoms with Gasteiger partial charge in [0.15, 0.2) is 0 Å². The van der Waals surface area contributed by atoms with Crippen LogP contribution in [0.1, 0.15) is 25.3 Å². The molecule has 1 aliphatic heterocycles. The molecule has 0 atom stereocenters. The van der Waals surface area contributed by atoms with E-state index in [1.807, 2.05) is 29.2 Å². The van der Waals surface area contributed by atoms with Crippen molar-refractivity contribution in [1.29, 1.82) is 0 Å². The maximum absolute atomic E-state index is 12.4. The Balaban J connectivity index is 1.98. The molecule has 0 unspecified atom stereocenters. The number of amides is 1. The van der Waals surface area contributed by atoms with Crippen LogP contribution in [0.15, 0.2) is 24.3 Å². The van der Waals surface area contributed by atoms with E-state index in [0.29, 0.717) is 24.5 Å². The molecule has 2 N–H and O–H groups in total. The van der Waals surface area contributed by atoms with Crippen LogP contribution in [0.5, 0.6) is 5.75 Å². The molecule has 114 valence electrons. The zero-order valence-corrected chi connectivity index (χ0v) is 13.4. The van der Waals surface area contributed by atoms with Crippen LogP contribution >= 0.6 is 12.2 Å². The summed E-state index contributed by atoms with van der Waals surface area (Å²) in [4.78, 5) is 14.9. The number of rotatable bonds is 4. The average molecular weight is 306 g/mol. The first-order valence-electron chi connectivity index (χ1n) is 7.16. The minimum atomic E-state index is -0.115. The number of benzene rings is 1. The maximum Gasteiger partial charge on any atom is 0.227 e. The van der Waals surface area contributed by atoms with Gasteiger partial charge in [0.2, 0.25) is 5.91 Å². The zero-order chi connectivity index (χ0) is 15.5. The van der Waals surface area contributed by atoms with Crippen LogP contribution in [0.3, 0.4) is 0 Å². The molecule has 5 heteroatoms. The van der Waals surface area contributed by atoms with Gasteiger partial charge in [-0.2, -0.15) is 0 Å². The monoisotopic (exact) mass is 306 g/mol. The van der Waals surface area contributed by atoms with Crippen molar-refractivity contribution in [2.45, 2.75) is 26.2 Å². The molecule has 2 rings (SSSR count). The molecule has 0 radical (unpaired) electrons. The van der Waals surface area contributed by atoms with Crippen LogP contribution in [-0.4, -0.2) is 36.0 Å². The van der Waals surface area contributed by atoms with Gasteiger partial charge in [0.25, 0.3) is 0 Å². The van der Waals surface area contributed by atoms with Gasteiger partial charge >= 0.3 is 0 Å². The smallest absolute Gasteiger partial charge is 0.227 e. The first-order valence-corrected chi connectivity index (χ1v) is 7.57. The van der Waals surface area contributed by atoms with Crippen LogP contribution in [0.4, 0.5) is 0 Å². The van der Waals surface area contributed by atoms with Crippen molar-refractivity contribution in [3.63, 3.8) is 0 Å². The van der Waals surface area contributed by atoms with Gasteiger partial charge in [0, 0.05) is 24.1 Å². The topological polar surface area (TPSA) is 55.6 Å². The number of carbonyl (C=O) groups is 1. The van der Waals surface area contributed by atoms with Gasteiger partial charge in [-0.25, -0.2) is 0 Å². The summed E-state index contributed by atoms with van der Waals surface area (Å²) in [5, 5.41) is 0. The summed E-state index contributed by atoms with van der Waals surface area (Å²) in [6.07, 6.45) is 2.04. The Bertz CT molecular complexity index is 537. The lowest BCUT2D eigenvalue weighted by Gasteiger charge is -2.38. The first kappa shape index (κ1) is 15.8. The van der Waals surface area contributed by atoms with Crippen molar-refractivity contribution in [2.24, 2.45) is 11.1 Å². The first-order chi connectivity index (χ1) is 9.96. The van der Waals surface area contributed by atoms with Gasteiger partial charge in [-0.15, -0.1) is 0 Å². The number of ether oxygens (including phenoxy) is 1. The summed E-state index contributed by atoms with van der Waals surface area (Å²) in [7, 11) is 1.62. The average Bonchev–Trinajstić information content (AvgIpc) is 2.48. The number of para-hydroxylation sites is 1. The van der Waals surface area contributed by atoms with Crippen LogP contribution in [0.2, 0.25) is 0 Å². The van der Waals surface area contributed by atoms with E-state index in [1.54, 1.807) is 7.11 Å². The van der Waals surface area contributed by atoms with Crippen LogP contribution in [-0.2, 0) is 11.2 Å². The van der Waals surface area contributed by atoms with Crippen LogP contribution in [0.25, 0.3) is 0 Å². The van der Waals surface area contributed by atoms with Gasteiger partial charge < -0.3 is 15.4 Å². The summed E-state index contributed by atoms with van der Waals surface area (Å²) in [5.74, 6) is 0.889. The van der Waals surface area contributed by atoms with Gasteiger partial charge in [-0.1, -0.05) is 37.3 Å². The van der Waals surface area contributed by atoms with E-state index in [1.165, 1.54) is 0 Å². The lowest BCUT2D eigenvalue weighted by molar-refractivity contribution is -0.132. The summed E-state index contributed by atoms with van der Waals surface area (Å²) < 4.78 is 5.29. The third kappa shape index (κ3) is 3.53. The minimum Gasteiger partial charge on any atom is -0.496 e. The Labute approximate surface area is 131 Å². The number of methoxy groups -OCH3 is 1. The number of piperidine rings is 1. The standard InChI is InChI=1S/C16H22N2O2S/c1-16(15(17)21)7-9-18(10-8-16)14(19)11-12-5-3-4-6-13(12)20-2/h3-6H,7-11H2,1-2H3,(H2,17,21). The van der Waals surface area contributed by atoms with Crippen molar-refractivity contribution in [1.82, 2.24) is 4.90 Å².